The van der Waals surface area contributed by atoms with E-state index in [1.165, 1.54) is 12.1 Å². The Morgan fingerprint density at radius 3 is 2.65 bits per heavy atom. The van der Waals surface area contributed by atoms with E-state index in [0.717, 1.165) is 63.2 Å². The quantitative estimate of drug-likeness (QED) is 0.789. The highest BCUT2D eigenvalue weighted by Gasteiger charge is 2.32. The smallest absolute Gasteiger partial charge is 0.263 e. The lowest BCUT2D eigenvalue weighted by Gasteiger charge is -2.37. The van der Waals surface area contributed by atoms with Crippen LogP contribution in [-0.2, 0) is 13.1 Å². The minimum atomic E-state index is -0.258. The van der Waals surface area contributed by atoms with Gasteiger partial charge in [-0.2, -0.15) is 0 Å². The number of rotatable bonds is 4. The minimum Gasteiger partial charge on any atom is -0.349 e. The Bertz CT molecular complexity index is 1010. The van der Waals surface area contributed by atoms with Gasteiger partial charge in [0.05, 0.1) is 0 Å². The van der Waals surface area contributed by atoms with Crippen molar-refractivity contribution >= 4 is 5.91 Å². The highest BCUT2D eigenvalue weighted by Crippen LogP contribution is 2.31. The Hall–Kier alpha value is -2.51. The molecule has 0 radical (unpaired) electrons. The fraction of sp³-hybridized carbons (Fsp3) is 0.500. The SMILES string of the molecule is O=C(NC1CCN(Cc2ccc(F)cc2)CC1)c1ccc2n(c1=O)C[C@@H]1CNC[C@H]2C1. The average Bonchev–Trinajstić information content (AvgIpc) is 2.78. The molecule has 2 aromatic rings. The van der Waals surface area contributed by atoms with Gasteiger partial charge in [0.2, 0.25) is 0 Å². The van der Waals surface area contributed by atoms with Crippen molar-refractivity contribution in [2.75, 3.05) is 26.2 Å². The molecule has 1 amide bonds. The number of piperidine rings is 2. The number of amides is 1. The number of carbonyl (C=O) groups excluding carboxylic acids is 1. The zero-order valence-electron chi connectivity index (χ0n) is 17.6. The van der Waals surface area contributed by atoms with Gasteiger partial charge in [-0.15, -0.1) is 0 Å². The predicted molar refractivity (Wildman–Crippen MR) is 117 cm³/mol. The number of nitrogens with one attached hydrogen (secondary N) is 2. The second-order valence-corrected chi connectivity index (χ2v) is 9.19. The van der Waals surface area contributed by atoms with E-state index in [2.05, 4.69) is 15.5 Å². The van der Waals surface area contributed by atoms with Crippen molar-refractivity contribution in [1.82, 2.24) is 20.1 Å². The van der Waals surface area contributed by atoms with E-state index in [1.54, 1.807) is 6.07 Å². The van der Waals surface area contributed by atoms with Crippen molar-refractivity contribution in [3.05, 3.63) is 69.4 Å². The van der Waals surface area contributed by atoms with Crippen LogP contribution in [0, 0.1) is 11.7 Å². The van der Waals surface area contributed by atoms with E-state index in [1.807, 2.05) is 22.8 Å². The van der Waals surface area contributed by atoms with E-state index in [9.17, 15) is 14.0 Å². The summed E-state index contributed by atoms with van der Waals surface area (Å²) in [7, 11) is 0. The predicted octanol–water partition coefficient (Wildman–Crippen LogP) is 2.09. The zero-order valence-corrected chi connectivity index (χ0v) is 17.6. The van der Waals surface area contributed by atoms with Crippen molar-refractivity contribution in [2.24, 2.45) is 5.92 Å². The van der Waals surface area contributed by atoms with Gasteiger partial charge in [0.25, 0.3) is 11.5 Å². The molecule has 3 aliphatic rings. The molecule has 6 nitrogen and oxygen atoms in total. The first-order valence-electron chi connectivity index (χ1n) is 11.3. The second-order valence-electron chi connectivity index (χ2n) is 9.19. The normalized spacial score (nSPS) is 23.9. The van der Waals surface area contributed by atoms with Gasteiger partial charge in [0, 0.05) is 50.4 Å². The molecule has 0 unspecified atom stereocenters. The van der Waals surface area contributed by atoms with Crippen LogP contribution >= 0.6 is 0 Å². The van der Waals surface area contributed by atoms with Crippen molar-refractivity contribution in [3.8, 4) is 0 Å². The van der Waals surface area contributed by atoms with Gasteiger partial charge in [-0.05, 0) is 61.6 Å². The standard InChI is InChI=1S/C24H29FN4O2/c25-19-3-1-16(2-4-19)14-28-9-7-20(8-10-28)27-23(30)21-5-6-22-18-11-17(12-26-13-18)15-29(22)24(21)31/h1-6,17-18,20,26H,7-15H2,(H,27,30)/t17-,18+/m0/s1. The van der Waals surface area contributed by atoms with Crippen molar-refractivity contribution in [1.29, 1.82) is 0 Å². The molecule has 4 heterocycles. The van der Waals surface area contributed by atoms with Crippen LogP contribution in [0.4, 0.5) is 4.39 Å². The Morgan fingerprint density at radius 2 is 1.87 bits per heavy atom. The molecular formula is C24H29FN4O2. The largest absolute Gasteiger partial charge is 0.349 e. The topological polar surface area (TPSA) is 66.4 Å². The Labute approximate surface area is 181 Å². The number of carbonyl (C=O) groups is 1. The van der Waals surface area contributed by atoms with Crippen LogP contribution in [0.2, 0.25) is 0 Å². The van der Waals surface area contributed by atoms with Crippen LogP contribution in [-0.4, -0.2) is 47.6 Å². The number of aromatic nitrogens is 1. The molecule has 1 aromatic carbocycles. The summed E-state index contributed by atoms with van der Waals surface area (Å²) in [5.41, 5.74) is 2.25. The van der Waals surface area contributed by atoms with E-state index in [-0.39, 0.29) is 28.9 Å². The number of benzene rings is 1. The first-order chi connectivity index (χ1) is 15.1. The summed E-state index contributed by atoms with van der Waals surface area (Å²) in [6.07, 6.45) is 2.80. The lowest BCUT2D eigenvalue weighted by molar-refractivity contribution is 0.0906. The van der Waals surface area contributed by atoms with Gasteiger partial charge in [0.1, 0.15) is 11.4 Å². The molecule has 2 N–H and O–H groups in total. The van der Waals surface area contributed by atoms with Crippen LogP contribution in [0.25, 0.3) is 0 Å². The minimum absolute atomic E-state index is 0.0704. The number of likely N-dealkylation sites (tertiary alicyclic amines) is 1. The molecule has 0 spiro atoms. The average molecular weight is 425 g/mol. The van der Waals surface area contributed by atoms with E-state index < -0.39 is 0 Å². The maximum absolute atomic E-state index is 13.1. The molecular weight excluding hydrogens is 395 g/mol. The van der Waals surface area contributed by atoms with Gasteiger partial charge < -0.3 is 15.2 Å². The number of pyridine rings is 1. The van der Waals surface area contributed by atoms with Gasteiger partial charge in [0.15, 0.2) is 0 Å². The summed E-state index contributed by atoms with van der Waals surface area (Å²) >= 11 is 0. The summed E-state index contributed by atoms with van der Waals surface area (Å²) in [4.78, 5) is 28.3. The van der Waals surface area contributed by atoms with Gasteiger partial charge in [-0.3, -0.25) is 14.5 Å². The number of fused-ring (bicyclic) bond motifs is 4. The van der Waals surface area contributed by atoms with Crippen LogP contribution < -0.4 is 16.2 Å². The zero-order chi connectivity index (χ0) is 21.4. The molecule has 164 valence electrons. The van der Waals surface area contributed by atoms with Crippen LogP contribution in [0.1, 0.15) is 46.8 Å². The molecule has 3 aliphatic heterocycles. The van der Waals surface area contributed by atoms with Crippen LogP contribution in [0.5, 0.6) is 0 Å². The molecule has 5 rings (SSSR count). The van der Waals surface area contributed by atoms with E-state index in [4.69, 9.17) is 0 Å². The molecule has 2 atom stereocenters. The van der Waals surface area contributed by atoms with Gasteiger partial charge in [-0.1, -0.05) is 12.1 Å². The van der Waals surface area contributed by atoms with E-state index >= 15 is 0 Å². The summed E-state index contributed by atoms with van der Waals surface area (Å²) in [5, 5.41) is 6.53. The first kappa shape index (κ1) is 20.4. The molecule has 7 heteroatoms. The van der Waals surface area contributed by atoms with E-state index in [0.29, 0.717) is 18.4 Å². The fourth-order valence-electron chi connectivity index (χ4n) is 5.31. The molecule has 2 bridgehead atoms. The third-order valence-electron chi connectivity index (χ3n) is 7.00. The monoisotopic (exact) mass is 424 g/mol. The fourth-order valence-corrected chi connectivity index (χ4v) is 5.31. The number of halogens is 1. The number of hydrogen-bond donors (Lipinski definition) is 2. The summed E-state index contributed by atoms with van der Waals surface area (Å²) in [5.74, 6) is 0.352. The third-order valence-corrected chi connectivity index (χ3v) is 7.00. The molecule has 1 aromatic heterocycles. The summed E-state index contributed by atoms with van der Waals surface area (Å²) in [6, 6.07) is 10.4. The van der Waals surface area contributed by atoms with Crippen LogP contribution in [0.15, 0.2) is 41.2 Å². The molecule has 0 saturated carbocycles. The highest BCUT2D eigenvalue weighted by atomic mass is 19.1. The maximum Gasteiger partial charge on any atom is 0.263 e. The maximum atomic E-state index is 13.1. The van der Waals surface area contributed by atoms with Crippen LogP contribution in [0.3, 0.4) is 0 Å². The lowest BCUT2D eigenvalue weighted by atomic mass is 9.84. The lowest BCUT2D eigenvalue weighted by Crippen LogP contribution is -2.48. The van der Waals surface area contributed by atoms with Crippen molar-refractivity contribution in [3.63, 3.8) is 0 Å². The molecule has 2 saturated heterocycles. The van der Waals surface area contributed by atoms with Crippen molar-refractivity contribution < 1.29 is 9.18 Å². The third kappa shape index (κ3) is 4.29. The number of nitrogens with zero attached hydrogens (tertiary/aromatic N) is 2. The molecule has 0 aliphatic carbocycles. The number of hydrogen-bond acceptors (Lipinski definition) is 4. The summed E-state index contributed by atoms with van der Waals surface area (Å²) in [6.45, 7) is 5.04. The molecule has 2 fully saturated rings. The Balaban J connectivity index is 1.20. The second kappa shape index (κ2) is 8.55. The highest BCUT2D eigenvalue weighted by molar-refractivity contribution is 5.94. The summed E-state index contributed by atoms with van der Waals surface area (Å²) < 4.78 is 14.9. The molecule has 31 heavy (non-hydrogen) atoms. The Morgan fingerprint density at radius 1 is 1.10 bits per heavy atom. The Kier molecular flexibility index (Phi) is 5.63. The van der Waals surface area contributed by atoms with Gasteiger partial charge in [-0.25, -0.2) is 4.39 Å². The van der Waals surface area contributed by atoms with Gasteiger partial charge >= 0.3 is 0 Å². The van der Waals surface area contributed by atoms with Crippen molar-refractivity contribution in [2.45, 2.75) is 44.3 Å². The first-order valence-corrected chi connectivity index (χ1v) is 11.3.